The second-order valence-corrected chi connectivity index (χ2v) is 4.95. The highest BCUT2D eigenvalue weighted by Gasteiger charge is 2.21. The molecular weight excluding hydrogens is 328 g/mol. The molecule has 0 aliphatic heterocycles. The molecule has 1 unspecified atom stereocenters. The van der Waals surface area contributed by atoms with Crippen molar-refractivity contribution < 1.29 is 13.2 Å². The molecule has 0 spiro atoms. The molecule has 0 amide bonds. The number of rotatable bonds is 2. The van der Waals surface area contributed by atoms with Crippen molar-refractivity contribution in [3.63, 3.8) is 0 Å². The van der Waals surface area contributed by atoms with Gasteiger partial charge in [-0.3, -0.25) is 0 Å². The smallest absolute Gasteiger partial charge is 0.131 e. The van der Waals surface area contributed by atoms with Gasteiger partial charge in [-0.25, -0.2) is 13.2 Å². The number of alkyl halides is 1. The minimum absolute atomic E-state index is 0.0314. The van der Waals surface area contributed by atoms with E-state index in [0.717, 1.165) is 12.1 Å². The van der Waals surface area contributed by atoms with Crippen LogP contribution < -0.4 is 0 Å². The highest BCUT2D eigenvalue weighted by atomic mass is 79.9. The summed E-state index contributed by atoms with van der Waals surface area (Å²) in [6.07, 6.45) is 0. The maximum Gasteiger partial charge on any atom is 0.131 e. The molecule has 0 aliphatic carbocycles. The SMILES string of the molecule is Fc1ccc(C(Cl)c2c(F)cccc2Br)c(F)c1. The van der Waals surface area contributed by atoms with Crippen LogP contribution in [0.25, 0.3) is 0 Å². The van der Waals surface area contributed by atoms with Crippen LogP contribution in [0.5, 0.6) is 0 Å². The average Bonchev–Trinajstić information content (AvgIpc) is 2.28. The van der Waals surface area contributed by atoms with Gasteiger partial charge in [0.2, 0.25) is 0 Å². The van der Waals surface area contributed by atoms with Crippen LogP contribution in [0.3, 0.4) is 0 Å². The molecule has 5 heteroatoms. The van der Waals surface area contributed by atoms with Crippen molar-refractivity contribution in [3.05, 3.63) is 69.4 Å². The molecule has 94 valence electrons. The molecule has 0 saturated carbocycles. The van der Waals surface area contributed by atoms with Gasteiger partial charge in [-0.15, -0.1) is 11.6 Å². The predicted molar refractivity (Wildman–Crippen MR) is 68.2 cm³/mol. The van der Waals surface area contributed by atoms with Crippen LogP contribution in [-0.2, 0) is 0 Å². The summed E-state index contributed by atoms with van der Waals surface area (Å²) in [5, 5.41) is -1.03. The van der Waals surface area contributed by atoms with Gasteiger partial charge < -0.3 is 0 Å². The van der Waals surface area contributed by atoms with Crippen molar-refractivity contribution >= 4 is 27.5 Å². The van der Waals surface area contributed by atoms with E-state index in [1.807, 2.05) is 0 Å². The Labute approximate surface area is 116 Å². The maximum absolute atomic E-state index is 13.7. The Kier molecular flexibility index (Phi) is 3.97. The van der Waals surface area contributed by atoms with Gasteiger partial charge in [-0.2, -0.15) is 0 Å². The predicted octanol–water partition coefficient (Wildman–Crippen LogP) is 5.19. The van der Waals surface area contributed by atoms with Crippen molar-refractivity contribution in [2.24, 2.45) is 0 Å². The molecule has 0 N–H and O–H groups in total. The van der Waals surface area contributed by atoms with E-state index in [1.165, 1.54) is 18.2 Å². The molecule has 0 radical (unpaired) electrons. The van der Waals surface area contributed by atoms with Crippen molar-refractivity contribution in [2.45, 2.75) is 5.38 Å². The quantitative estimate of drug-likeness (QED) is 0.662. The first-order chi connectivity index (χ1) is 8.50. The lowest BCUT2D eigenvalue weighted by Crippen LogP contribution is -2.01. The van der Waals surface area contributed by atoms with Gasteiger partial charge in [0.05, 0.1) is 5.38 Å². The monoisotopic (exact) mass is 334 g/mol. The fraction of sp³-hybridized carbons (Fsp3) is 0.0769. The Morgan fingerprint density at radius 1 is 1.00 bits per heavy atom. The van der Waals surface area contributed by atoms with Gasteiger partial charge in [0, 0.05) is 21.7 Å². The normalized spacial score (nSPS) is 12.5. The zero-order chi connectivity index (χ0) is 13.3. The van der Waals surface area contributed by atoms with E-state index in [-0.39, 0.29) is 11.1 Å². The molecule has 0 bridgehead atoms. The zero-order valence-corrected chi connectivity index (χ0v) is 11.3. The molecule has 0 saturated heterocycles. The molecule has 0 heterocycles. The van der Waals surface area contributed by atoms with E-state index in [0.29, 0.717) is 4.47 Å². The molecule has 0 aliphatic rings. The van der Waals surface area contributed by atoms with Crippen LogP contribution in [0, 0.1) is 17.5 Å². The lowest BCUT2D eigenvalue weighted by Gasteiger charge is -2.14. The van der Waals surface area contributed by atoms with E-state index >= 15 is 0 Å². The Hall–Kier alpha value is -1.000. The standard InChI is InChI=1S/C13H7BrClF3/c14-9-2-1-3-10(17)12(9)13(15)8-5-4-7(16)6-11(8)18/h1-6,13H. The first kappa shape index (κ1) is 13.4. The second-order valence-electron chi connectivity index (χ2n) is 3.66. The molecule has 2 rings (SSSR count). The minimum atomic E-state index is -1.03. The second kappa shape index (κ2) is 5.33. The van der Waals surface area contributed by atoms with Crippen LogP contribution in [0.2, 0.25) is 0 Å². The Balaban J connectivity index is 2.51. The van der Waals surface area contributed by atoms with E-state index in [1.54, 1.807) is 6.07 Å². The largest absolute Gasteiger partial charge is 0.207 e. The van der Waals surface area contributed by atoms with Gasteiger partial charge in [-0.1, -0.05) is 28.1 Å². The van der Waals surface area contributed by atoms with Gasteiger partial charge in [-0.05, 0) is 18.2 Å². The molecule has 1 atom stereocenters. The van der Waals surface area contributed by atoms with Gasteiger partial charge >= 0.3 is 0 Å². The van der Waals surface area contributed by atoms with E-state index < -0.39 is 22.8 Å². The molecular formula is C13H7BrClF3. The van der Waals surface area contributed by atoms with Gasteiger partial charge in [0.1, 0.15) is 17.5 Å². The third-order valence-corrected chi connectivity index (χ3v) is 3.63. The van der Waals surface area contributed by atoms with Crippen LogP contribution in [0.1, 0.15) is 16.5 Å². The van der Waals surface area contributed by atoms with E-state index in [2.05, 4.69) is 15.9 Å². The molecule has 18 heavy (non-hydrogen) atoms. The fourth-order valence-electron chi connectivity index (χ4n) is 1.62. The summed E-state index contributed by atoms with van der Waals surface area (Å²) in [7, 11) is 0. The van der Waals surface area contributed by atoms with E-state index in [9.17, 15) is 13.2 Å². The summed E-state index contributed by atoms with van der Waals surface area (Å²) in [6.45, 7) is 0. The third-order valence-electron chi connectivity index (χ3n) is 2.49. The summed E-state index contributed by atoms with van der Waals surface area (Å²) < 4.78 is 40.5. The molecule has 2 aromatic carbocycles. The Morgan fingerprint density at radius 2 is 1.72 bits per heavy atom. The molecule has 0 aromatic heterocycles. The van der Waals surface area contributed by atoms with Gasteiger partial charge in [0.25, 0.3) is 0 Å². The maximum atomic E-state index is 13.7. The van der Waals surface area contributed by atoms with Crippen LogP contribution in [-0.4, -0.2) is 0 Å². The van der Waals surface area contributed by atoms with E-state index in [4.69, 9.17) is 11.6 Å². The third kappa shape index (κ3) is 2.54. The van der Waals surface area contributed by atoms with Crippen LogP contribution in [0.15, 0.2) is 40.9 Å². The number of hydrogen-bond acceptors (Lipinski definition) is 0. The van der Waals surface area contributed by atoms with Crippen molar-refractivity contribution in [2.75, 3.05) is 0 Å². The molecule has 2 aromatic rings. The number of halogens is 5. The topological polar surface area (TPSA) is 0 Å². The Bertz CT molecular complexity index is 566. The first-order valence-corrected chi connectivity index (χ1v) is 6.26. The lowest BCUT2D eigenvalue weighted by atomic mass is 10.0. The molecule has 0 fully saturated rings. The van der Waals surface area contributed by atoms with Crippen LogP contribution >= 0.6 is 27.5 Å². The zero-order valence-electron chi connectivity index (χ0n) is 8.93. The average molecular weight is 336 g/mol. The number of benzene rings is 2. The van der Waals surface area contributed by atoms with Gasteiger partial charge in [0.15, 0.2) is 0 Å². The van der Waals surface area contributed by atoms with Crippen molar-refractivity contribution in [1.29, 1.82) is 0 Å². The van der Waals surface area contributed by atoms with Crippen molar-refractivity contribution in [3.8, 4) is 0 Å². The minimum Gasteiger partial charge on any atom is -0.207 e. The highest BCUT2D eigenvalue weighted by Crippen LogP contribution is 2.36. The number of hydrogen-bond donors (Lipinski definition) is 0. The lowest BCUT2D eigenvalue weighted by molar-refractivity contribution is 0.569. The Morgan fingerprint density at radius 3 is 2.33 bits per heavy atom. The summed E-state index contributed by atoms with van der Waals surface area (Å²) >= 11 is 9.23. The summed E-state index contributed by atoms with van der Waals surface area (Å²) in [5.41, 5.74) is 0.161. The summed E-state index contributed by atoms with van der Waals surface area (Å²) in [5.74, 6) is -2.05. The van der Waals surface area contributed by atoms with Crippen molar-refractivity contribution in [1.82, 2.24) is 0 Å². The summed E-state index contributed by atoms with van der Waals surface area (Å²) in [4.78, 5) is 0. The molecule has 0 nitrogen and oxygen atoms in total. The highest BCUT2D eigenvalue weighted by molar-refractivity contribution is 9.10. The fourth-order valence-corrected chi connectivity index (χ4v) is 2.72. The first-order valence-electron chi connectivity index (χ1n) is 5.03. The van der Waals surface area contributed by atoms with Crippen LogP contribution in [0.4, 0.5) is 13.2 Å². The summed E-state index contributed by atoms with van der Waals surface area (Å²) in [6, 6.07) is 7.36.